The molecule has 0 amide bonds. The number of rotatable bonds is 8. The van der Waals surface area contributed by atoms with Crippen molar-refractivity contribution in [1.82, 2.24) is 9.78 Å². The Labute approximate surface area is 188 Å². The van der Waals surface area contributed by atoms with Crippen molar-refractivity contribution in [1.29, 1.82) is 0 Å². The van der Waals surface area contributed by atoms with Crippen molar-refractivity contribution >= 4 is 23.1 Å². The molecule has 0 saturated carbocycles. The summed E-state index contributed by atoms with van der Waals surface area (Å²) in [6.07, 6.45) is -0.201. The minimum Gasteiger partial charge on any atom is -0.497 e. The second kappa shape index (κ2) is 9.81. The Balaban J connectivity index is 2.13. The molecule has 3 rings (SSSR count). The topological polar surface area (TPSA) is 138 Å². The van der Waals surface area contributed by atoms with Crippen LogP contribution < -0.4 is 15.0 Å². The number of hydrogen-bond acceptors (Lipinski definition) is 8. The van der Waals surface area contributed by atoms with Crippen LogP contribution in [0.1, 0.15) is 18.2 Å². The molecule has 0 spiro atoms. The fourth-order valence-corrected chi connectivity index (χ4v) is 3.22. The predicted octanol–water partition coefficient (Wildman–Crippen LogP) is 2.95. The largest absolute Gasteiger partial charge is 0.497 e. The molecule has 11 heteroatoms. The third kappa shape index (κ3) is 4.92. The highest BCUT2D eigenvalue weighted by atomic mass is 16.6. The van der Waals surface area contributed by atoms with E-state index in [1.165, 1.54) is 50.3 Å². The number of nitro groups is 1. The lowest BCUT2D eigenvalue weighted by Gasteiger charge is -2.08. The molecule has 0 aliphatic carbocycles. The van der Waals surface area contributed by atoms with Gasteiger partial charge in [-0.15, -0.1) is 0 Å². The van der Waals surface area contributed by atoms with Gasteiger partial charge in [-0.3, -0.25) is 24.8 Å². The van der Waals surface area contributed by atoms with Crippen molar-refractivity contribution < 1.29 is 23.9 Å². The van der Waals surface area contributed by atoms with E-state index in [1.807, 2.05) is 0 Å². The van der Waals surface area contributed by atoms with Gasteiger partial charge in [-0.25, -0.2) is 9.67 Å². The van der Waals surface area contributed by atoms with Gasteiger partial charge in [0.2, 0.25) is 0 Å². The molecule has 1 N–H and O–H groups in total. The third-order valence-corrected chi connectivity index (χ3v) is 4.87. The van der Waals surface area contributed by atoms with Gasteiger partial charge >= 0.3 is 5.97 Å². The zero-order chi connectivity index (χ0) is 24.1. The quantitative estimate of drug-likeness (QED) is 0.239. The summed E-state index contributed by atoms with van der Waals surface area (Å²) in [4.78, 5) is 40.2. The fourth-order valence-electron chi connectivity index (χ4n) is 3.22. The summed E-state index contributed by atoms with van der Waals surface area (Å²) in [5.41, 5.74) is 1.03. The normalized spacial score (nSPS) is 11.2. The Morgan fingerprint density at radius 1 is 1.12 bits per heavy atom. The molecule has 0 aliphatic heterocycles. The molecule has 0 unspecified atom stereocenters. The maximum absolute atomic E-state index is 13.3. The zero-order valence-corrected chi connectivity index (χ0v) is 18.4. The van der Waals surface area contributed by atoms with Crippen molar-refractivity contribution in [3.8, 4) is 17.2 Å². The van der Waals surface area contributed by atoms with E-state index in [9.17, 15) is 19.7 Å². The van der Waals surface area contributed by atoms with Crippen molar-refractivity contribution in [3.63, 3.8) is 0 Å². The molecular weight excluding hydrogens is 432 g/mol. The number of methoxy groups -OCH3 is 3. The molecule has 0 fully saturated rings. The number of nitrogens with zero attached hydrogens (tertiary/aromatic N) is 3. The van der Waals surface area contributed by atoms with Gasteiger partial charge in [0.25, 0.3) is 11.2 Å². The van der Waals surface area contributed by atoms with Gasteiger partial charge in [0, 0.05) is 18.2 Å². The Hall–Kier alpha value is -4.41. The number of carbonyl (C=O) groups is 1. The van der Waals surface area contributed by atoms with E-state index in [1.54, 1.807) is 25.1 Å². The molecule has 0 radical (unpaired) electrons. The number of hydrogen-bond donors (Lipinski definition) is 1. The lowest BCUT2D eigenvalue weighted by Crippen LogP contribution is -2.20. The number of non-ortho nitro benzene ring substituents is 1. The smallest absolute Gasteiger partial charge is 0.311 e. The monoisotopic (exact) mass is 454 g/mol. The minimum absolute atomic E-state index is 0.113. The van der Waals surface area contributed by atoms with Crippen LogP contribution in [0.3, 0.4) is 0 Å². The molecule has 1 heterocycles. The summed E-state index contributed by atoms with van der Waals surface area (Å²) < 4.78 is 16.5. The van der Waals surface area contributed by atoms with E-state index in [-0.39, 0.29) is 17.7 Å². The lowest BCUT2D eigenvalue weighted by atomic mass is 10.1. The molecule has 11 nitrogen and oxygen atoms in total. The van der Waals surface area contributed by atoms with E-state index in [0.29, 0.717) is 34.3 Å². The summed E-state index contributed by atoms with van der Waals surface area (Å²) in [6.45, 7) is 1.63. The number of ether oxygens (including phenoxy) is 3. The van der Waals surface area contributed by atoms with Crippen LogP contribution >= 0.6 is 0 Å². The highest BCUT2D eigenvalue weighted by molar-refractivity contribution is 6.02. The number of benzene rings is 2. The fraction of sp³-hybridized carbons (Fsp3) is 0.227. The average Bonchev–Trinajstić information content (AvgIpc) is 3.14. The average molecular weight is 454 g/mol. The first kappa shape index (κ1) is 23.3. The number of esters is 1. The van der Waals surface area contributed by atoms with Gasteiger partial charge in [-0.1, -0.05) is 0 Å². The number of aromatic nitrogens is 2. The molecule has 1 aromatic heterocycles. The van der Waals surface area contributed by atoms with Crippen molar-refractivity contribution in [3.05, 3.63) is 74.2 Å². The van der Waals surface area contributed by atoms with Crippen LogP contribution in [0.15, 0.2) is 52.3 Å². The maximum Gasteiger partial charge on any atom is 0.311 e. The van der Waals surface area contributed by atoms with Crippen LogP contribution in [0.2, 0.25) is 0 Å². The second-order valence-corrected chi connectivity index (χ2v) is 6.87. The molecule has 0 aliphatic rings. The molecule has 0 atom stereocenters. The number of nitrogens with one attached hydrogen (secondary N) is 1. The van der Waals surface area contributed by atoms with Crippen molar-refractivity contribution in [2.45, 2.75) is 13.3 Å². The zero-order valence-electron chi connectivity index (χ0n) is 18.4. The van der Waals surface area contributed by atoms with Crippen LogP contribution in [-0.4, -0.2) is 47.7 Å². The highest BCUT2D eigenvalue weighted by Gasteiger charge is 2.21. The highest BCUT2D eigenvalue weighted by Crippen LogP contribution is 2.32. The molecular formula is C22H22N4O7. The van der Waals surface area contributed by atoms with Crippen molar-refractivity contribution in [2.24, 2.45) is 4.99 Å². The second-order valence-electron chi connectivity index (χ2n) is 6.87. The van der Waals surface area contributed by atoms with Crippen LogP contribution in [-0.2, 0) is 16.0 Å². The third-order valence-electron chi connectivity index (χ3n) is 4.87. The molecule has 33 heavy (non-hydrogen) atoms. The summed E-state index contributed by atoms with van der Waals surface area (Å²) in [5, 5.41) is 13.8. The lowest BCUT2D eigenvalue weighted by molar-refractivity contribution is -0.384. The molecule has 3 aromatic rings. The van der Waals surface area contributed by atoms with Crippen LogP contribution in [0.4, 0.5) is 11.4 Å². The van der Waals surface area contributed by atoms with Gasteiger partial charge in [-0.2, -0.15) is 0 Å². The van der Waals surface area contributed by atoms with Gasteiger partial charge < -0.3 is 14.2 Å². The Morgan fingerprint density at radius 2 is 1.82 bits per heavy atom. The van der Waals surface area contributed by atoms with Crippen LogP contribution in [0.5, 0.6) is 11.5 Å². The number of aromatic amines is 1. The van der Waals surface area contributed by atoms with Gasteiger partial charge in [0.1, 0.15) is 17.2 Å². The number of H-pyrrole nitrogens is 1. The Bertz CT molecular complexity index is 1270. The van der Waals surface area contributed by atoms with Crippen LogP contribution in [0, 0.1) is 10.1 Å². The molecule has 172 valence electrons. The number of aliphatic imine (C=N–C) groups is 1. The van der Waals surface area contributed by atoms with Gasteiger partial charge in [0.05, 0.1) is 55.3 Å². The van der Waals surface area contributed by atoms with Crippen LogP contribution in [0.25, 0.3) is 5.69 Å². The molecule has 0 bridgehead atoms. The molecule has 2 aromatic carbocycles. The number of nitro benzene ring substituents is 1. The number of carbonyl (C=O) groups excluding carboxylic acids is 1. The van der Waals surface area contributed by atoms with Gasteiger partial charge in [-0.05, 0) is 31.2 Å². The summed E-state index contributed by atoms with van der Waals surface area (Å²) >= 11 is 0. The Kier molecular flexibility index (Phi) is 6.91. The maximum atomic E-state index is 13.3. The van der Waals surface area contributed by atoms with Crippen molar-refractivity contribution in [2.75, 3.05) is 21.3 Å². The molecule has 0 saturated heterocycles. The summed E-state index contributed by atoms with van der Waals surface area (Å²) in [5.74, 6) is 0.467. The van der Waals surface area contributed by atoms with E-state index in [4.69, 9.17) is 14.2 Å². The van der Waals surface area contributed by atoms with E-state index < -0.39 is 16.5 Å². The van der Waals surface area contributed by atoms with E-state index >= 15 is 0 Å². The minimum atomic E-state index is -0.553. The standard InChI is InChI=1S/C22H22N4O7/c1-13(23-17-10-9-16(31-2)11-19(17)32-3)21-18(12-20(27)33-4)24-25(22(21)28)14-5-7-15(8-6-14)26(29)30/h5-11,24H,12H2,1-4H3. The predicted molar refractivity (Wildman–Crippen MR) is 120 cm³/mol. The SMILES string of the molecule is COC(=O)Cc1[nH]n(-c2ccc([N+](=O)[O-])cc2)c(=O)c1C(C)=Nc1ccc(OC)cc1OC. The Morgan fingerprint density at radius 3 is 2.39 bits per heavy atom. The first-order valence-corrected chi connectivity index (χ1v) is 9.72. The van der Waals surface area contributed by atoms with Gasteiger partial charge in [0.15, 0.2) is 0 Å². The first-order valence-electron chi connectivity index (χ1n) is 9.72. The summed E-state index contributed by atoms with van der Waals surface area (Å²) in [7, 11) is 4.27. The first-order chi connectivity index (χ1) is 15.8. The van der Waals surface area contributed by atoms with E-state index in [2.05, 4.69) is 10.1 Å². The summed E-state index contributed by atoms with van der Waals surface area (Å²) in [6, 6.07) is 10.5. The van der Waals surface area contributed by atoms with E-state index in [0.717, 1.165) is 0 Å².